The van der Waals surface area contributed by atoms with Gasteiger partial charge >= 0.3 is 0 Å². The summed E-state index contributed by atoms with van der Waals surface area (Å²) >= 11 is 1.43. The van der Waals surface area contributed by atoms with Crippen LogP contribution in [0.15, 0.2) is 23.7 Å². The lowest BCUT2D eigenvalue weighted by atomic mass is 10.3. The van der Waals surface area contributed by atoms with Crippen LogP contribution in [0.3, 0.4) is 0 Å². The highest BCUT2D eigenvalue weighted by atomic mass is 32.1. The lowest BCUT2D eigenvalue weighted by molar-refractivity contribution is -0.117. The van der Waals surface area contributed by atoms with Crippen LogP contribution in [-0.2, 0) is 11.3 Å². The molecule has 2 aromatic rings. The molecule has 0 aliphatic heterocycles. The molecular formula is C11H13N5O3S. The van der Waals surface area contributed by atoms with E-state index >= 15 is 0 Å². The van der Waals surface area contributed by atoms with Gasteiger partial charge in [-0.05, 0) is 11.4 Å². The van der Waals surface area contributed by atoms with E-state index in [1.807, 2.05) is 17.5 Å². The van der Waals surface area contributed by atoms with Crippen molar-refractivity contribution in [2.24, 2.45) is 5.73 Å². The van der Waals surface area contributed by atoms with E-state index in [0.29, 0.717) is 0 Å². The second-order valence-corrected chi connectivity index (χ2v) is 4.99. The molecule has 0 aliphatic rings. The average molecular weight is 295 g/mol. The quantitative estimate of drug-likeness (QED) is 0.649. The minimum atomic E-state index is -0.710. The molecule has 20 heavy (non-hydrogen) atoms. The Morgan fingerprint density at radius 1 is 1.55 bits per heavy atom. The summed E-state index contributed by atoms with van der Waals surface area (Å²) in [6.07, 6.45) is 0.686. The number of nitrogens with zero attached hydrogens (tertiary/aromatic N) is 3. The van der Waals surface area contributed by atoms with Crippen LogP contribution in [0.25, 0.3) is 0 Å². The number of hydrogen-bond acceptors (Lipinski definition) is 6. The Labute approximate surface area is 118 Å². The van der Waals surface area contributed by atoms with Crippen molar-refractivity contribution in [3.05, 3.63) is 34.3 Å². The Kier molecular flexibility index (Phi) is 4.43. The SMILES string of the molecule is NC(=O)CNC(=O)c1cn(C[C@@H](O)c2cccs2)nn1. The average Bonchev–Trinajstić information content (AvgIpc) is 3.06. The number of aliphatic hydroxyl groups is 1. The van der Waals surface area contributed by atoms with Crippen molar-refractivity contribution >= 4 is 23.2 Å². The number of nitrogens with one attached hydrogen (secondary N) is 1. The Bertz CT molecular complexity index is 595. The molecule has 0 spiro atoms. The third-order valence-corrected chi connectivity index (χ3v) is 3.40. The van der Waals surface area contributed by atoms with Gasteiger partial charge in [0.1, 0.15) is 6.10 Å². The highest BCUT2D eigenvalue weighted by Gasteiger charge is 2.14. The molecule has 0 radical (unpaired) electrons. The molecule has 106 valence electrons. The van der Waals surface area contributed by atoms with Gasteiger partial charge in [-0.1, -0.05) is 11.3 Å². The van der Waals surface area contributed by atoms with Gasteiger partial charge in [0.2, 0.25) is 5.91 Å². The van der Waals surface area contributed by atoms with Crippen LogP contribution in [0.2, 0.25) is 0 Å². The monoisotopic (exact) mass is 295 g/mol. The van der Waals surface area contributed by atoms with Gasteiger partial charge in [0.15, 0.2) is 5.69 Å². The number of carbonyl (C=O) groups is 2. The van der Waals surface area contributed by atoms with Crippen LogP contribution in [0, 0.1) is 0 Å². The van der Waals surface area contributed by atoms with Crippen molar-refractivity contribution in [1.82, 2.24) is 20.3 Å². The largest absolute Gasteiger partial charge is 0.386 e. The highest BCUT2D eigenvalue weighted by molar-refractivity contribution is 7.10. The normalized spacial score (nSPS) is 12.1. The van der Waals surface area contributed by atoms with E-state index in [9.17, 15) is 14.7 Å². The summed E-state index contributed by atoms with van der Waals surface area (Å²) < 4.78 is 1.36. The number of primary amides is 1. The van der Waals surface area contributed by atoms with Gasteiger partial charge in [0, 0.05) is 4.88 Å². The third kappa shape index (κ3) is 3.62. The fourth-order valence-corrected chi connectivity index (χ4v) is 2.20. The van der Waals surface area contributed by atoms with Crippen LogP contribution < -0.4 is 11.1 Å². The molecule has 8 nitrogen and oxygen atoms in total. The molecule has 4 N–H and O–H groups in total. The zero-order chi connectivity index (χ0) is 14.5. The molecule has 0 saturated carbocycles. The summed E-state index contributed by atoms with van der Waals surface area (Å²) in [5, 5.41) is 21.5. The van der Waals surface area contributed by atoms with Gasteiger partial charge in [-0.2, -0.15) is 0 Å². The first-order valence-electron chi connectivity index (χ1n) is 5.74. The van der Waals surface area contributed by atoms with Gasteiger partial charge in [0.25, 0.3) is 5.91 Å². The molecule has 2 heterocycles. The van der Waals surface area contributed by atoms with E-state index in [-0.39, 0.29) is 18.8 Å². The second-order valence-electron chi connectivity index (χ2n) is 4.01. The topological polar surface area (TPSA) is 123 Å². The maximum absolute atomic E-state index is 11.6. The predicted molar refractivity (Wildman–Crippen MR) is 70.8 cm³/mol. The summed E-state index contributed by atoms with van der Waals surface area (Å²) in [7, 11) is 0. The molecule has 0 saturated heterocycles. The van der Waals surface area contributed by atoms with Gasteiger partial charge in [-0.25, -0.2) is 4.68 Å². The number of aliphatic hydroxyl groups excluding tert-OH is 1. The summed E-state index contributed by atoms with van der Waals surface area (Å²) in [4.78, 5) is 22.9. The number of amides is 2. The molecule has 0 aromatic carbocycles. The number of nitrogens with two attached hydrogens (primary N) is 1. The Morgan fingerprint density at radius 2 is 2.35 bits per heavy atom. The van der Waals surface area contributed by atoms with Crippen molar-refractivity contribution < 1.29 is 14.7 Å². The highest BCUT2D eigenvalue weighted by Crippen LogP contribution is 2.19. The summed E-state index contributed by atoms with van der Waals surface area (Å²) in [6, 6.07) is 3.65. The van der Waals surface area contributed by atoms with E-state index in [4.69, 9.17) is 5.73 Å². The van der Waals surface area contributed by atoms with E-state index in [0.717, 1.165) is 4.88 Å². The van der Waals surface area contributed by atoms with Crippen molar-refractivity contribution in [3.63, 3.8) is 0 Å². The Morgan fingerprint density at radius 3 is 3.00 bits per heavy atom. The molecule has 0 fully saturated rings. The van der Waals surface area contributed by atoms with Crippen LogP contribution in [0.1, 0.15) is 21.5 Å². The first-order chi connectivity index (χ1) is 9.56. The van der Waals surface area contributed by atoms with Crippen LogP contribution in [-0.4, -0.2) is 38.5 Å². The van der Waals surface area contributed by atoms with E-state index < -0.39 is 17.9 Å². The number of hydrogen-bond donors (Lipinski definition) is 3. The van der Waals surface area contributed by atoms with E-state index in [1.165, 1.54) is 22.2 Å². The Balaban J connectivity index is 1.95. The summed E-state index contributed by atoms with van der Waals surface area (Å²) in [6.45, 7) is -0.0693. The van der Waals surface area contributed by atoms with Crippen LogP contribution in [0.4, 0.5) is 0 Å². The fraction of sp³-hybridized carbons (Fsp3) is 0.273. The van der Waals surface area contributed by atoms with Gasteiger partial charge in [-0.15, -0.1) is 16.4 Å². The van der Waals surface area contributed by atoms with Crippen molar-refractivity contribution in [3.8, 4) is 0 Å². The molecule has 1 atom stereocenters. The van der Waals surface area contributed by atoms with Gasteiger partial charge < -0.3 is 16.2 Å². The number of thiophene rings is 1. The molecule has 0 unspecified atom stereocenters. The zero-order valence-electron chi connectivity index (χ0n) is 10.4. The minimum Gasteiger partial charge on any atom is -0.386 e. The smallest absolute Gasteiger partial charge is 0.273 e. The minimum absolute atomic E-state index is 0.0598. The van der Waals surface area contributed by atoms with Crippen LogP contribution in [0.5, 0.6) is 0 Å². The molecule has 0 aliphatic carbocycles. The molecule has 9 heteroatoms. The third-order valence-electron chi connectivity index (χ3n) is 2.43. The number of carbonyl (C=O) groups excluding carboxylic acids is 2. The second kappa shape index (κ2) is 6.26. The maximum Gasteiger partial charge on any atom is 0.273 e. The Hall–Kier alpha value is -2.26. The molecule has 0 bridgehead atoms. The standard InChI is InChI=1S/C11H13N5O3S/c12-10(18)4-13-11(19)7-5-16(15-14-7)6-8(17)9-2-1-3-20-9/h1-3,5,8,17H,4,6H2,(H2,12,18)(H,13,19)/t8-/m1/s1. The van der Waals surface area contributed by atoms with Gasteiger partial charge in [0.05, 0.1) is 19.3 Å². The number of rotatable bonds is 6. The molecule has 2 aromatic heterocycles. The lowest BCUT2D eigenvalue weighted by Gasteiger charge is -2.07. The zero-order valence-corrected chi connectivity index (χ0v) is 11.2. The van der Waals surface area contributed by atoms with Gasteiger partial charge in [-0.3, -0.25) is 9.59 Å². The molecule has 2 rings (SSSR count). The predicted octanol–water partition coefficient (Wildman–Crippen LogP) is -0.712. The number of aromatic nitrogens is 3. The molecule has 2 amide bonds. The summed E-state index contributed by atoms with van der Waals surface area (Å²) in [5.41, 5.74) is 4.98. The summed E-state index contributed by atoms with van der Waals surface area (Å²) in [5.74, 6) is -1.18. The first kappa shape index (κ1) is 14.2. The van der Waals surface area contributed by atoms with Crippen molar-refractivity contribution in [2.75, 3.05) is 6.54 Å². The van der Waals surface area contributed by atoms with E-state index in [2.05, 4.69) is 15.6 Å². The lowest BCUT2D eigenvalue weighted by Crippen LogP contribution is -2.33. The van der Waals surface area contributed by atoms with Crippen LogP contribution >= 0.6 is 11.3 Å². The molecular weight excluding hydrogens is 282 g/mol. The van der Waals surface area contributed by atoms with Crippen molar-refractivity contribution in [2.45, 2.75) is 12.6 Å². The van der Waals surface area contributed by atoms with E-state index in [1.54, 1.807) is 0 Å². The first-order valence-corrected chi connectivity index (χ1v) is 6.62. The fourth-order valence-electron chi connectivity index (χ4n) is 1.50. The maximum atomic E-state index is 11.6. The van der Waals surface area contributed by atoms with Crippen molar-refractivity contribution in [1.29, 1.82) is 0 Å².